The minimum absolute atomic E-state index is 0.00797. The molecule has 3 aliphatic carbocycles. The molecule has 0 aromatic heterocycles. The van der Waals surface area contributed by atoms with Gasteiger partial charge in [0.2, 0.25) is 0 Å². The molecule has 4 unspecified atom stereocenters. The maximum atomic E-state index is 6.65. The van der Waals surface area contributed by atoms with Crippen LogP contribution in [0, 0.1) is 28.6 Å². The average Bonchev–Trinajstić information content (AvgIpc) is 2.75. The molecule has 0 aliphatic heterocycles. The van der Waals surface area contributed by atoms with Crippen LogP contribution >= 0.6 is 0 Å². The molecule has 2 heteroatoms. The van der Waals surface area contributed by atoms with Crippen LogP contribution in [0.4, 0.5) is 0 Å². The third-order valence-electron chi connectivity index (χ3n) is 7.35. The van der Waals surface area contributed by atoms with Crippen molar-refractivity contribution in [1.82, 2.24) is 0 Å². The molecule has 4 radical (unpaired) electrons. The summed E-state index contributed by atoms with van der Waals surface area (Å²) in [5.74, 6) is 2.42. The van der Waals surface area contributed by atoms with Gasteiger partial charge < -0.3 is 0 Å². The van der Waals surface area contributed by atoms with E-state index < -0.39 is 5.21 Å². The lowest BCUT2D eigenvalue weighted by Crippen LogP contribution is -2.41. The molecule has 3 rings (SSSR count). The first-order valence-electron chi connectivity index (χ1n) is 8.85. The van der Waals surface area contributed by atoms with Gasteiger partial charge >= 0.3 is 0 Å². The van der Waals surface area contributed by atoms with Crippen LogP contribution in [0.15, 0.2) is 0 Å². The molecule has 0 N–H and O–H groups in total. The van der Waals surface area contributed by atoms with Crippen molar-refractivity contribution in [2.24, 2.45) is 28.6 Å². The van der Waals surface area contributed by atoms with Crippen molar-refractivity contribution < 1.29 is 0 Å². The lowest BCUT2D eigenvalue weighted by molar-refractivity contribution is 0.00614. The maximum absolute atomic E-state index is 6.65. The van der Waals surface area contributed by atoms with Gasteiger partial charge in [-0.15, -0.1) is 0 Å². The standard InChI is InChI=1S/C18H30B2/c1-16(2,3)18(19,20)15-11-14-9-6-8-13-7-4-5-10-17(13,14)12-15/h13-15H,4-12H2,1-3H3. The molecular formula is C18H30B2. The summed E-state index contributed by atoms with van der Waals surface area (Å²) >= 11 is 0. The Kier molecular flexibility index (Phi) is 3.62. The highest BCUT2D eigenvalue weighted by atomic mass is 14.6. The van der Waals surface area contributed by atoms with Gasteiger partial charge in [0.25, 0.3) is 0 Å². The molecule has 1 spiro atoms. The van der Waals surface area contributed by atoms with Crippen LogP contribution in [0.3, 0.4) is 0 Å². The Labute approximate surface area is 128 Å². The molecule has 0 saturated heterocycles. The highest BCUT2D eigenvalue weighted by molar-refractivity contribution is 6.40. The van der Waals surface area contributed by atoms with E-state index in [9.17, 15) is 0 Å². The topological polar surface area (TPSA) is 0 Å². The summed E-state index contributed by atoms with van der Waals surface area (Å²) in [5, 5.41) is -0.513. The SMILES string of the molecule is [B]C([B])(C1CC2CCCC3CCCCC32C1)C(C)(C)C. The fraction of sp³-hybridized carbons (Fsp3) is 1.00. The number of rotatable bonds is 1. The van der Waals surface area contributed by atoms with Crippen LogP contribution in [0.5, 0.6) is 0 Å². The molecule has 3 fully saturated rings. The van der Waals surface area contributed by atoms with E-state index in [4.69, 9.17) is 15.7 Å². The van der Waals surface area contributed by atoms with Gasteiger partial charge in [-0.1, -0.05) is 45.2 Å². The molecule has 0 amide bonds. The quantitative estimate of drug-likeness (QED) is 0.595. The third kappa shape index (κ3) is 2.12. The minimum atomic E-state index is -0.513. The van der Waals surface area contributed by atoms with Gasteiger partial charge in [-0.2, -0.15) is 0 Å². The zero-order valence-corrected chi connectivity index (χ0v) is 13.8. The predicted molar refractivity (Wildman–Crippen MR) is 88.1 cm³/mol. The van der Waals surface area contributed by atoms with Crippen molar-refractivity contribution in [3.63, 3.8) is 0 Å². The smallest absolute Gasteiger partial charge is 0.0631 e. The van der Waals surface area contributed by atoms with E-state index in [2.05, 4.69) is 20.8 Å². The Morgan fingerprint density at radius 3 is 2.25 bits per heavy atom. The highest BCUT2D eigenvalue weighted by Gasteiger charge is 2.56. The average molecular weight is 268 g/mol. The number of hydrogen-bond donors (Lipinski definition) is 0. The predicted octanol–water partition coefficient (Wildman–Crippen LogP) is 4.87. The Morgan fingerprint density at radius 1 is 0.900 bits per heavy atom. The van der Waals surface area contributed by atoms with E-state index in [0.717, 1.165) is 11.8 Å². The molecule has 0 aromatic carbocycles. The van der Waals surface area contributed by atoms with Gasteiger partial charge in [0.05, 0.1) is 15.7 Å². The molecule has 0 heterocycles. The van der Waals surface area contributed by atoms with Gasteiger partial charge in [0.1, 0.15) is 0 Å². The van der Waals surface area contributed by atoms with Crippen molar-refractivity contribution in [1.29, 1.82) is 0 Å². The van der Waals surface area contributed by atoms with Crippen LogP contribution in [-0.2, 0) is 0 Å². The maximum Gasteiger partial charge on any atom is 0.0631 e. The molecule has 4 atom stereocenters. The van der Waals surface area contributed by atoms with Crippen molar-refractivity contribution in [3.05, 3.63) is 0 Å². The second-order valence-electron chi connectivity index (χ2n) is 9.12. The zero-order chi connectivity index (χ0) is 14.6. The summed E-state index contributed by atoms with van der Waals surface area (Å²) in [6.45, 7) is 6.64. The van der Waals surface area contributed by atoms with Crippen LogP contribution in [0.1, 0.15) is 78.6 Å². The molecule has 0 nitrogen and oxygen atoms in total. The second kappa shape index (κ2) is 4.82. The summed E-state index contributed by atoms with van der Waals surface area (Å²) in [5.41, 5.74) is 0.613. The van der Waals surface area contributed by atoms with E-state index in [1.807, 2.05) is 0 Å². The molecule has 108 valence electrons. The first kappa shape index (κ1) is 15.0. The molecule has 0 bridgehead atoms. The largest absolute Gasteiger partial charge is 0.0916 e. The summed E-state index contributed by atoms with van der Waals surface area (Å²) in [6.07, 6.45) is 12.8. The van der Waals surface area contributed by atoms with E-state index in [1.165, 1.54) is 57.8 Å². The lowest BCUT2D eigenvalue weighted by atomic mass is 9.38. The first-order chi connectivity index (χ1) is 9.27. The highest BCUT2D eigenvalue weighted by Crippen LogP contribution is 2.67. The van der Waals surface area contributed by atoms with Gasteiger partial charge in [-0.05, 0) is 67.1 Å². The van der Waals surface area contributed by atoms with Crippen molar-refractivity contribution in [2.75, 3.05) is 0 Å². The van der Waals surface area contributed by atoms with E-state index in [1.54, 1.807) is 0 Å². The summed E-state index contributed by atoms with van der Waals surface area (Å²) in [7, 11) is 13.3. The van der Waals surface area contributed by atoms with E-state index >= 15 is 0 Å². The fourth-order valence-corrected chi connectivity index (χ4v) is 5.85. The summed E-state index contributed by atoms with van der Waals surface area (Å²) in [6, 6.07) is 0. The second-order valence-corrected chi connectivity index (χ2v) is 9.12. The molecule has 20 heavy (non-hydrogen) atoms. The third-order valence-corrected chi connectivity index (χ3v) is 7.35. The fourth-order valence-electron chi connectivity index (χ4n) is 5.85. The Balaban J connectivity index is 1.86. The molecule has 3 saturated carbocycles. The summed E-state index contributed by atoms with van der Waals surface area (Å²) in [4.78, 5) is 0. The first-order valence-corrected chi connectivity index (χ1v) is 8.85. The van der Waals surface area contributed by atoms with Gasteiger partial charge in [-0.3, -0.25) is 0 Å². The van der Waals surface area contributed by atoms with Crippen LogP contribution < -0.4 is 0 Å². The Hall–Kier alpha value is 0.130. The van der Waals surface area contributed by atoms with Crippen LogP contribution in [0.2, 0.25) is 5.21 Å². The Morgan fingerprint density at radius 2 is 1.55 bits per heavy atom. The molecule has 0 aromatic rings. The van der Waals surface area contributed by atoms with Crippen LogP contribution in [0.25, 0.3) is 0 Å². The zero-order valence-electron chi connectivity index (χ0n) is 13.8. The summed E-state index contributed by atoms with van der Waals surface area (Å²) < 4.78 is 0. The normalized spacial score (nSPS) is 42.0. The molecule has 3 aliphatic rings. The van der Waals surface area contributed by atoms with Crippen molar-refractivity contribution >= 4 is 15.7 Å². The number of hydrogen-bond acceptors (Lipinski definition) is 0. The van der Waals surface area contributed by atoms with Gasteiger partial charge in [-0.25, -0.2) is 0 Å². The lowest BCUT2D eigenvalue weighted by Gasteiger charge is -2.50. The van der Waals surface area contributed by atoms with E-state index in [0.29, 0.717) is 11.3 Å². The minimum Gasteiger partial charge on any atom is -0.0916 e. The van der Waals surface area contributed by atoms with Crippen molar-refractivity contribution in [3.8, 4) is 0 Å². The van der Waals surface area contributed by atoms with Crippen LogP contribution in [-0.4, -0.2) is 15.7 Å². The van der Waals surface area contributed by atoms with Gasteiger partial charge in [0, 0.05) is 0 Å². The molecular weight excluding hydrogens is 238 g/mol. The van der Waals surface area contributed by atoms with Gasteiger partial charge in [0.15, 0.2) is 0 Å². The Bertz CT molecular complexity index is 366. The van der Waals surface area contributed by atoms with Crippen molar-refractivity contribution in [2.45, 2.75) is 83.8 Å². The van der Waals surface area contributed by atoms with E-state index in [-0.39, 0.29) is 5.41 Å². The monoisotopic (exact) mass is 268 g/mol.